The van der Waals surface area contributed by atoms with E-state index < -0.39 is 0 Å². The molecule has 1 aliphatic rings. The second-order valence-electron chi connectivity index (χ2n) is 4.06. The van der Waals surface area contributed by atoms with Crippen molar-refractivity contribution < 1.29 is 9.21 Å². The van der Waals surface area contributed by atoms with Gasteiger partial charge in [0.05, 0.1) is 17.7 Å². The minimum Gasteiger partial charge on any atom is -0.469 e. The summed E-state index contributed by atoms with van der Waals surface area (Å²) in [7, 11) is 0. The zero-order valence-corrected chi connectivity index (χ0v) is 8.05. The molecule has 0 saturated carbocycles. The Hall–Kier alpha value is -1.25. The lowest BCUT2D eigenvalue weighted by molar-refractivity contribution is -0.143. The number of rotatable bonds is 1. The van der Waals surface area contributed by atoms with Crippen molar-refractivity contribution in [1.82, 2.24) is 5.32 Å². The van der Waals surface area contributed by atoms with Gasteiger partial charge in [-0.15, -0.1) is 0 Å². The van der Waals surface area contributed by atoms with Gasteiger partial charge in [-0.05, 0) is 26.8 Å². The van der Waals surface area contributed by atoms with E-state index in [4.69, 9.17) is 4.42 Å². The number of carbonyl (C=O) groups excluding carboxylic acids is 1. The maximum absolute atomic E-state index is 11.2. The van der Waals surface area contributed by atoms with Gasteiger partial charge in [0.15, 0.2) is 0 Å². The molecule has 1 amide bonds. The fourth-order valence-corrected chi connectivity index (χ4v) is 1.71. The Balaban J connectivity index is 2.31. The quantitative estimate of drug-likeness (QED) is 0.668. The summed E-state index contributed by atoms with van der Waals surface area (Å²) in [4.78, 5) is 11.2. The van der Waals surface area contributed by atoms with Crippen molar-refractivity contribution in [2.24, 2.45) is 5.41 Å². The van der Waals surface area contributed by atoms with Gasteiger partial charge in [0.1, 0.15) is 5.76 Å². The molecule has 0 spiro atoms. The van der Waals surface area contributed by atoms with Gasteiger partial charge in [-0.25, -0.2) is 0 Å². The molecule has 1 saturated heterocycles. The van der Waals surface area contributed by atoms with E-state index in [1.807, 2.05) is 26.8 Å². The fraction of sp³-hybridized carbons (Fsp3) is 0.500. The molecule has 1 aromatic rings. The molecule has 1 unspecified atom stereocenters. The summed E-state index contributed by atoms with van der Waals surface area (Å²) in [5.41, 5.74) is 0.791. The minimum absolute atomic E-state index is 0.109. The van der Waals surface area contributed by atoms with Crippen molar-refractivity contribution >= 4 is 5.91 Å². The summed E-state index contributed by atoms with van der Waals surface area (Å²) in [6, 6.07) is 2.03. The summed E-state index contributed by atoms with van der Waals surface area (Å²) >= 11 is 0. The normalized spacial score (nSPS) is 25.2. The van der Waals surface area contributed by atoms with Crippen LogP contribution in [0.2, 0.25) is 0 Å². The van der Waals surface area contributed by atoms with Gasteiger partial charge in [0, 0.05) is 5.56 Å². The number of amides is 1. The molecule has 70 valence electrons. The molecule has 1 N–H and O–H groups in total. The molecule has 3 nitrogen and oxygen atoms in total. The predicted octanol–water partition coefficient (Wildman–Crippen LogP) is 1.79. The largest absolute Gasteiger partial charge is 0.469 e. The molecule has 2 rings (SSSR count). The number of aryl methyl sites for hydroxylation is 1. The van der Waals surface area contributed by atoms with E-state index in [1.54, 1.807) is 6.26 Å². The number of hydrogen-bond donors (Lipinski definition) is 1. The first-order valence-electron chi connectivity index (χ1n) is 4.38. The van der Waals surface area contributed by atoms with Crippen LogP contribution in [-0.2, 0) is 4.79 Å². The van der Waals surface area contributed by atoms with E-state index in [0.717, 1.165) is 11.3 Å². The Bertz CT molecular complexity index is 352. The van der Waals surface area contributed by atoms with Crippen LogP contribution in [0.3, 0.4) is 0 Å². The average molecular weight is 179 g/mol. The molecule has 0 bridgehead atoms. The molecule has 0 radical (unpaired) electrons. The van der Waals surface area contributed by atoms with Crippen LogP contribution in [0.25, 0.3) is 0 Å². The third kappa shape index (κ3) is 0.996. The Morgan fingerprint density at radius 2 is 2.23 bits per heavy atom. The van der Waals surface area contributed by atoms with Crippen LogP contribution in [-0.4, -0.2) is 5.91 Å². The van der Waals surface area contributed by atoms with Crippen LogP contribution in [0.15, 0.2) is 16.7 Å². The molecule has 13 heavy (non-hydrogen) atoms. The topological polar surface area (TPSA) is 42.2 Å². The summed E-state index contributed by atoms with van der Waals surface area (Å²) in [5, 5.41) is 2.88. The Morgan fingerprint density at radius 1 is 1.54 bits per heavy atom. The van der Waals surface area contributed by atoms with Gasteiger partial charge in [-0.2, -0.15) is 0 Å². The summed E-state index contributed by atoms with van der Waals surface area (Å²) < 4.78 is 5.20. The first-order valence-corrected chi connectivity index (χ1v) is 4.38. The van der Waals surface area contributed by atoms with Gasteiger partial charge in [-0.1, -0.05) is 0 Å². The number of carbonyl (C=O) groups is 1. The maximum atomic E-state index is 11.2. The monoisotopic (exact) mass is 179 g/mol. The maximum Gasteiger partial charge on any atom is 0.228 e. The molecular formula is C10H13NO2. The first kappa shape index (κ1) is 8.35. The second-order valence-corrected chi connectivity index (χ2v) is 4.06. The van der Waals surface area contributed by atoms with E-state index >= 15 is 0 Å². The lowest BCUT2D eigenvalue weighted by Crippen LogP contribution is -2.57. The van der Waals surface area contributed by atoms with Crippen LogP contribution in [0.1, 0.15) is 31.2 Å². The lowest BCUT2D eigenvalue weighted by Gasteiger charge is -2.43. The Kier molecular flexibility index (Phi) is 1.53. The van der Waals surface area contributed by atoms with Crippen molar-refractivity contribution in [3.8, 4) is 0 Å². The van der Waals surface area contributed by atoms with Crippen LogP contribution in [0, 0.1) is 12.3 Å². The zero-order valence-electron chi connectivity index (χ0n) is 8.05. The average Bonchev–Trinajstić information content (AvgIpc) is 2.47. The lowest BCUT2D eigenvalue weighted by atomic mass is 9.73. The van der Waals surface area contributed by atoms with Gasteiger partial charge < -0.3 is 9.73 Å². The van der Waals surface area contributed by atoms with E-state index in [2.05, 4.69) is 5.32 Å². The van der Waals surface area contributed by atoms with Crippen molar-refractivity contribution in [1.29, 1.82) is 0 Å². The Labute approximate surface area is 77.1 Å². The third-order valence-corrected chi connectivity index (χ3v) is 2.79. The van der Waals surface area contributed by atoms with Crippen LogP contribution < -0.4 is 5.32 Å². The SMILES string of the molecule is Cc1occc1C1NC(=O)C1(C)C. The highest BCUT2D eigenvalue weighted by Gasteiger charge is 2.48. The molecule has 1 aliphatic heterocycles. The Morgan fingerprint density at radius 3 is 2.62 bits per heavy atom. The highest BCUT2D eigenvalue weighted by molar-refractivity contribution is 5.89. The molecule has 1 fully saturated rings. The number of furan rings is 1. The highest BCUT2D eigenvalue weighted by atomic mass is 16.3. The standard InChI is InChI=1S/C10H13NO2/c1-6-7(4-5-13-6)8-10(2,3)9(12)11-8/h4-5,8H,1-3H3,(H,11,12). The molecule has 0 aromatic carbocycles. The van der Waals surface area contributed by atoms with Gasteiger partial charge in [0.25, 0.3) is 0 Å². The number of hydrogen-bond acceptors (Lipinski definition) is 2. The molecule has 1 atom stereocenters. The molecule has 0 aliphatic carbocycles. The van der Waals surface area contributed by atoms with Gasteiger partial charge >= 0.3 is 0 Å². The molecule has 2 heterocycles. The molecular weight excluding hydrogens is 166 g/mol. The number of β-lactam (4-membered cyclic amide) rings is 1. The smallest absolute Gasteiger partial charge is 0.228 e. The predicted molar refractivity (Wildman–Crippen MR) is 48.1 cm³/mol. The molecule has 3 heteroatoms. The van der Waals surface area contributed by atoms with Crippen molar-refractivity contribution in [3.63, 3.8) is 0 Å². The van der Waals surface area contributed by atoms with Crippen molar-refractivity contribution in [3.05, 3.63) is 23.7 Å². The van der Waals surface area contributed by atoms with Crippen molar-refractivity contribution in [2.75, 3.05) is 0 Å². The second kappa shape index (κ2) is 2.37. The molecule has 1 aromatic heterocycles. The highest BCUT2D eigenvalue weighted by Crippen LogP contribution is 2.42. The zero-order chi connectivity index (χ0) is 9.64. The van der Waals surface area contributed by atoms with Gasteiger partial charge in [-0.3, -0.25) is 4.79 Å². The summed E-state index contributed by atoms with van der Waals surface area (Å²) in [5.74, 6) is 0.996. The number of nitrogens with one attached hydrogen (secondary N) is 1. The van der Waals surface area contributed by atoms with E-state index in [-0.39, 0.29) is 17.4 Å². The summed E-state index contributed by atoms with van der Waals surface area (Å²) in [6.07, 6.45) is 1.66. The van der Waals surface area contributed by atoms with Crippen LogP contribution in [0.5, 0.6) is 0 Å². The first-order chi connectivity index (χ1) is 6.03. The fourth-order valence-electron chi connectivity index (χ4n) is 1.71. The van der Waals surface area contributed by atoms with Crippen LogP contribution in [0.4, 0.5) is 0 Å². The third-order valence-electron chi connectivity index (χ3n) is 2.79. The van der Waals surface area contributed by atoms with E-state index in [1.165, 1.54) is 0 Å². The van der Waals surface area contributed by atoms with Gasteiger partial charge in [0.2, 0.25) is 5.91 Å². The van der Waals surface area contributed by atoms with E-state index in [9.17, 15) is 4.79 Å². The van der Waals surface area contributed by atoms with Crippen LogP contribution >= 0.6 is 0 Å². The van der Waals surface area contributed by atoms with Crippen molar-refractivity contribution in [2.45, 2.75) is 26.8 Å². The van der Waals surface area contributed by atoms with E-state index in [0.29, 0.717) is 0 Å². The minimum atomic E-state index is -0.297. The summed E-state index contributed by atoms with van der Waals surface area (Å²) in [6.45, 7) is 5.81.